The van der Waals surface area contributed by atoms with Gasteiger partial charge in [0.15, 0.2) is 0 Å². The van der Waals surface area contributed by atoms with Crippen LogP contribution in [0.3, 0.4) is 0 Å². The van der Waals surface area contributed by atoms with Gasteiger partial charge in [-0.1, -0.05) is 0 Å². The summed E-state index contributed by atoms with van der Waals surface area (Å²) in [5, 5.41) is 8.73. The van der Waals surface area contributed by atoms with Crippen molar-refractivity contribution in [3.8, 4) is 6.07 Å². The van der Waals surface area contributed by atoms with E-state index in [0.29, 0.717) is 5.56 Å². The Hall–Kier alpha value is -1.63. The van der Waals surface area contributed by atoms with E-state index in [4.69, 9.17) is 5.26 Å². The zero-order chi connectivity index (χ0) is 8.39. The normalized spacial score (nSPS) is 15.1. The summed E-state index contributed by atoms with van der Waals surface area (Å²) in [6.07, 6.45) is 4.23. The van der Waals surface area contributed by atoms with E-state index in [-0.39, 0.29) is 0 Å². The fraction of sp³-hybridized carbons (Fsp3) is 0.375. The van der Waals surface area contributed by atoms with Gasteiger partial charge in [-0.2, -0.15) is 5.26 Å². The number of hydrogen-bond donors (Lipinski definition) is 0. The smallest absolute Gasteiger partial charge is 0.149 e. The Morgan fingerprint density at radius 3 is 2.92 bits per heavy atom. The van der Waals surface area contributed by atoms with E-state index in [2.05, 4.69) is 20.9 Å². The van der Waals surface area contributed by atoms with Crippen LogP contribution in [0.2, 0.25) is 0 Å². The van der Waals surface area contributed by atoms with Crippen molar-refractivity contribution in [3.05, 3.63) is 18.1 Å². The third kappa shape index (κ3) is 0.996. The third-order valence-corrected chi connectivity index (χ3v) is 1.97. The third-order valence-electron chi connectivity index (χ3n) is 1.97. The van der Waals surface area contributed by atoms with E-state index in [1.54, 1.807) is 6.20 Å². The van der Waals surface area contributed by atoms with Crippen molar-refractivity contribution in [2.24, 2.45) is 0 Å². The van der Waals surface area contributed by atoms with Crippen molar-refractivity contribution in [3.63, 3.8) is 0 Å². The molecular formula is C8H8N4. The predicted octanol–water partition coefficient (Wildman–Crippen LogP) is 0.558. The molecule has 2 rings (SSSR count). The Bertz CT molecular complexity index is 324. The Labute approximate surface area is 70.5 Å². The summed E-state index contributed by atoms with van der Waals surface area (Å²) in [4.78, 5) is 9.94. The van der Waals surface area contributed by atoms with E-state index < -0.39 is 0 Å². The molecule has 1 aliphatic heterocycles. The van der Waals surface area contributed by atoms with Crippen molar-refractivity contribution in [2.45, 2.75) is 6.42 Å². The maximum atomic E-state index is 8.73. The number of aromatic nitrogens is 2. The van der Waals surface area contributed by atoms with Gasteiger partial charge in [0.1, 0.15) is 23.8 Å². The molecule has 0 spiro atoms. The van der Waals surface area contributed by atoms with Gasteiger partial charge in [-0.15, -0.1) is 0 Å². The number of nitriles is 1. The topological polar surface area (TPSA) is 52.8 Å². The first-order valence-electron chi connectivity index (χ1n) is 3.87. The lowest BCUT2D eigenvalue weighted by Gasteiger charge is -2.32. The van der Waals surface area contributed by atoms with Crippen molar-refractivity contribution >= 4 is 5.82 Å². The largest absolute Gasteiger partial charge is 0.355 e. The predicted molar refractivity (Wildman–Crippen MR) is 43.6 cm³/mol. The number of nitrogens with zero attached hydrogens (tertiary/aromatic N) is 4. The molecule has 0 aromatic carbocycles. The lowest BCUT2D eigenvalue weighted by molar-refractivity contribution is 0.608. The van der Waals surface area contributed by atoms with Crippen LogP contribution in [-0.2, 0) is 0 Å². The Morgan fingerprint density at radius 2 is 2.33 bits per heavy atom. The molecule has 0 radical (unpaired) electrons. The zero-order valence-electron chi connectivity index (χ0n) is 6.56. The van der Waals surface area contributed by atoms with Gasteiger partial charge in [-0.25, -0.2) is 9.97 Å². The Kier molecular flexibility index (Phi) is 1.63. The number of rotatable bonds is 1. The van der Waals surface area contributed by atoms with E-state index in [0.717, 1.165) is 18.9 Å². The molecule has 1 fully saturated rings. The molecule has 1 aliphatic rings. The van der Waals surface area contributed by atoms with Crippen LogP contribution in [0.15, 0.2) is 12.5 Å². The average molecular weight is 160 g/mol. The number of hydrogen-bond acceptors (Lipinski definition) is 4. The second-order valence-corrected chi connectivity index (χ2v) is 2.71. The molecule has 1 aromatic heterocycles. The van der Waals surface area contributed by atoms with Gasteiger partial charge < -0.3 is 4.90 Å². The molecule has 0 amide bonds. The molecular weight excluding hydrogens is 152 g/mol. The van der Waals surface area contributed by atoms with Crippen LogP contribution < -0.4 is 4.90 Å². The van der Waals surface area contributed by atoms with Gasteiger partial charge in [0.25, 0.3) is 0 Å². The monoisotopic (exact) mass is 160 g/mol. The van der Waals surface area contributed by atoms with Crippen molar-refractivity contribution in [1.29, 1.82) is 5.26 Å². The molecule has 0 bridgehead atoms. The second-order valence-electron chi connectivity index (χ2n) is 2.71. The molecule has 4 heteroatoms. The van der Waals surface area contributed by atoms with Gasteiger partial charge in [0, 0.05) is 13.1 Å². The van der Waals surface area contributed by atoms with Crippen LogP contribution >= 0.6 is 0 Å². The fourth-order valence-electron chi connectivity index (χ4n) is 1.18. The molecule has 12 heavy (non-hydrogen) atoms. The molecule has 0 unspecified atom stereocenters. The summed E-state index contributed by atoms with van der Waals surface area (Å²) in [6, 6.07) is 2.08. The Balaban J connectivity index is 2.35. The second kappa shape index (κ2) is 2.78. The molecule has 60 valence electrons. The van der Waals surface area contributed by atoms with Crippen LogP contribution in [0.4, 0.5) is 5.82 Å². The fourth-order valence-corrected chi connectivity index (χ4v) is 1.18. The minimum Gasteiger partial charge on any atom is -0.355 e. The highest BCUT2D eigenvalue weighted by atomic mass is 15.2. The highest BCUT2D eigenvalue weighted by Gasteiger charge is 2.18. The van der Waals surface area contributed by atoms with E-state index in [9.17, 15) is 0 Å². The summed E-state index contributed by atoms with van der Waals surface area (Å²) < 4.78 is 0. The molecule has 0 aliphatic carbocycles. The van der Waals surface area contributed by atoms with Crippen molar-refractivity contribution in [2.75, 3.05) is 18.0 Å². The maximum absolute atomic E-state index is 8.73. The minimum atomic E-state index is 0.567. The molecule has 1 saturated heterocycles. The summed E-state index contributed by atoms with van der Waals surface area (Å²) in [5.74, 6) is 0.777. The van der Waals surface area contributed by atoms with Crippen molar-refractivity contribution < 1.29 is 0 Å². The first kappa shape index (κ1) is 7.04. The highest BCUT2D eigenvalue weighted by Crippen LogP contribution is 2.20. The van der Waals surface area contributed by atoms with E-state index in [1.165, 1.54) is 12.7 Å². The first-order chi connectivity index (χ1) is 5.92. The number of anilines is 1. The highest BCUT2D eigenvalue weighted by molar-refractivity contribution is 5.53. The zero-order valence-corrected chi connectivity index (χ0v) is 6.56. The standard InChI is InChI=1S/C8H8N4/c9-4-7-5-10-6-11-8(7)12-2-1-3-12/h5-6H,1-3H2. The molecule has 0 saturated carbocycles. The molecule has 0 atom stereocenters. The minimum absolute atomic E-state index is 0.567. The Morgan fingerprint density at radius 1 is 1.50 bits per heavy atom. The van der Waals surface area contributed by atoms with Gasteiger partial charge in [-0.3, -0.25) is 0 Å². The van der Waals surface area contributed by atoms with Crippen LogP contribution in [-0.4, -0.2) is 23.1 Å². The molecule has 2 heterocycles. The van der Waals surface area contributed by atoms with E-state index >= 15 is 0 Å². The molecule has 4 nitrogen and oxygen atoms in total. The van der Waals surface area contributed by atoms with Gasteiger partial charge in [0.05, 0.1) is 6.20 Å². The van der Waals surface area contributed by atoms with Crippen LogP contribution in [0.25, 0.3) is 0 Å². The molecule has 0 N–H and O–H groups in total. The van der Waals surface area contributed by atoms with Crippen LogP contribution in [0, 0.1) is 11.3 Å². The van der Waals surface area contributed by atoms with Gasteiger partial charge in [-0.05, 0) is 6.42 Å². The first-order valence-corrected chi connectivity index (χ1v) is 3.87. The van der Waals surface area contributed by atoms with Crippen LogP contribution in [0.1, 0.15) is 12.0 Å². The average Bonchev–Trinajstić information content (AvgIpc) is 2.02. The summed E-state index contributed by atoms with van der Waals surface area (Å²) in [7, 11) is 0. The molecule has 1 aromatic rings. The quantitative estimate of drug-likeness (QED) is 0.602. The van der Waals surface area contributed by atoms with E-state index in [1.807, 2.05) is 0 Å². The maximum Gasteiger partial charge on any atom is 0.149 e. The van der Waals surface area contributed by atoms with Gasteiger partial charge in [0.2, 0.25) is 0 Å². The lowest BCUT2D eigenvalue weighted by Crippen LogP contribution is -2.38. The lowest BCUT2D eigenvalue weighted by atomic mass is 10.2. The van der Waals surface area contributed by atoms with Gasteiger partial charge >= 0.3 is 0 Å². The summed E-state index contributed by atoms with van der Waals surface area (Å²) >= 11 is 0. The summed E-state index contributed by atoms with van der Waals surface area (Å²) in [6.45, 7) is 2.01. The van der Waals surface area contributed by atoms with Crippen molar-refractivity contribution in [1.82, 2.24) is 9.97 Å². The SMILES string of the molecule is N#Cc1cncnc1N1CCC1. The summed E-state index contributed by atoms with van der Waals surface area (Å²) in [5.41, 5.74) is 0.567. The van der Waals surface area contributed by atoms with Crippen LogP contribution in [0.5, 0.6) is 0 Å².